The number of halogens is 3. The van der Waals surface area contributed by atoms with Gasteiger partial charge in [-0.25, -0.2) is 4.39 Å². The van der Waals surface area contributed by atoms with E-state index in [4.69, 9.17) is 4.74 Å². The molecule has 0 aliphatic rings. The first kappa shape index (κ1) is 14.5. The Labute approximate surface area is 128 Å². The summed E-state index contributed by atoms with van der Waals surface area (Å²) in [6.07, 6.45) is 0. The standard InChI is InChI=1S/C14H12Br2FNO/c1-18-8-9-6-10(15)2-5-14(9)19-11-3-4-12(16)13(17)7-11/h2-7,18H,8H2,1H3. The third-order valence-electron chi connectivity index (χ3n) is 2.51. The van der Waals surface area contributed by atoms with Gasteiger partial charge in [0.1, 0.15) is 17.3 Å². The minimum absolute atomic E-state index is 0.343. The monoisotopic (exact) mass is 387 g/mol. The van der Waals surface area contributed by atoms with E-state index in [0.29, 0.717) is 22.5 Å². The van der Waals surface area contributed by atoms with Crippen LogP contribution in [0, 0.1) is 5.82 Å². The summed E-state index contributed by atoms with van der Waals surface area (Å²) in [5.41, 5.74) is 1.00. The minimum atomic E-state index is -0.343. The second-order valence-electron chi connectivity index (χ2n) is 3.96. The molecule has 5 heteroatoms. The highest BCUT2D eigenvalue weighted by Gasteiger charge is 2.07. The maximum absolute atomic E-state index is 13.4. The number of nitrogens with one attached hydrogen (secondary N) is 1. The van der Waals surface area contributed by atoms with Crippen LogP contribution in [-0.4, -0.2) is 7.05 Å². The van der Waals surface area contributed by atoms with Crippen molar-refractivity contribution in [2.75, 3.05) is 7.05 Å². The van der Waals surface area contributed by atoms with Crippen molar-refractivity contribution in [3.05, 3.63) is 56.7 Å². The van der Waals surface area contributed by atoms with Gasteiger partial charge in [0, 0.05) is 22.6 Å². The average molecular weight is 389 g/mol. The summed E-state index contributed by atoms with van der Waals surface area (Å²) in [7, 11) is 1.87. The first-order valence-corrected chi connectivity index (χ1v) is 7.24. The first-order valence-electron chi connectivity index (χ1n) is 5.66. The Kier molecular flexibility index (Phi) is 4.96. The lowest BCUT2D eigenvalue weighted by atomic mass is 10.2. The van der Waals surface area contributed by atoms with Gasteiger partial charge >= 0.3 is 0 Å². The number of hydrogen-bond acceptors (Lipinski definition) is 2. The fourth-order valence-corrected chi connectivity index (χ4v) is 2.30. The summed E-state index contributed by atoms with van der Waals surface area (Å²) < 4.78 is 20.6. The van der Waals surface area contributed by atoms with Crippen molar-refractivity contribution in [1.29, 1.82) is 0 Å². The molecule has 1 N–H and O–H groups in total. The van der Waals surface area contributed by atoms with Crippen LogP contribution in [0.5, 0.6) is 11.5 Å². The van der Waals surface area contributed by atoms with E-state index in [-0.39, 0.29) is 5.82 Å². The van der Waals surface area contributed by atoms with Crippen LogP contribution in [-0.2, 0) is 6.54 Å². The van der Waals surface area contributed by atoms with Crippen LogP contribution in [0.1, 0.15) is 5.56 Å². The third-order valence-corrected chi connectivity index (χ3v) is 3.65. The molecule has 19 heavy (non-hydrogen) atoms. The van der Waals surface area contributed by atoms with Crippen LogP contribution in [0.25, 0.3) is 0 Å². The van der Waals surface area contributed by atoms with Gasteiger partial charge in [0.05, 0.1) is 4.47 Å². The molecule has 0 aliphatic heterocycles. The van der Waals surface area contributed by atoms with Crippen molar-refractivity contribution in [1.82, 2.24) is 5.32 Å². The van der Waals surface area contributed by atoms with Gasteiger partial charge in [0.25, 0.3) is 0 Å². The predicted molar refractivity (Wildman–Crippen MR) is 81.1 cm³/mol. The Hall–Kier alpha value is -0.910. The van der Waals surface area contributed by atoms with Crippen molar-refractivity contribution >= 4 is 31.9 Å². The van der Waals surface area contributed by atoms with Crippen LogP contribution in [0.4, 0.5) is 4.39 Å². The maximum Gasteiger partial charge on any atom is 0.141 e. The van der Waals surface area contributed by atoms with E-state index in [2.05, 4.69) is 37.2 Å². The molecule has 0 fully saturated rings. The summed E-state index contributed by atoms with van der Waals surface area (Å²) in [5, 5.41) is 3.08. The highest BCUT2D eigenvalue weighted by atomic mass is 79.9. The quantitative estimate of drug-likeness (QED) is 0.807. The number of hydrogen-bond donors (Lipinski definition) is 1. The molecule has 0 bridgehead atoms. The molecule has 100 valence electrons. The highest BCUT2D eigenvalue weighted by Crippen LogP contribution is 2.29. The Morgan fingerprint density at radius 3 is 2.63 bits per heavy atom. The summed E-state index contributed by atoms with van der Waals surface area (Å²) in [4.78, 5) is 0. The van der Waals surface area contributed by atoms with Gasteiger partial charge in [-0.15, -0.1) is 0 Å². The number of benzene rings is 2. The maximum atomic E-state index is 13.4. The molecule has 0 heterocycles. The minimum Gasteiger partial charge on any atom is -0.457 e. The number of rotatable bonds is 4. The fourth-order valence-electron chi connectivity index (χ4n) is 1.64. The molecule has 0 aliphatic carbocycles. The third kappa shape index (κ3) is 3.78. The molecular formula is C14H12Br2FNO. The Morgan fingerprint density at radius 2 is 1.95 bits per heavy atom. The van der Waals surface area contributed by atoms with E-state index >= 15 is 0 Å². The van der Waals surface area contributed by atoms with Crippen molar-refractivity contribution < 1.29 is 9.13 Å². The van der Waals surface area contributed by atoms with Crippen LogP contribution in [0.15, 0.2) is 45.3 Å². The van der Waals surface area contributed by atoms with Crippen LogP contribution < -0.4 is 10.1 Å². The number of ether oxygens (including phenoxy) is 1. The molecule has 0 atom stereocenters. The molecule has 2 rings (SSSR count). The topological polar surface area (TPSA) is 21.3 Å². The van der Waals surface area contributed by atoms with E-state index in [1.165, 1.54) is 6.07 Å². The molecule has 0 radical (unpaired) electrons. The largest absolute Gasteiger partial charge is 0.457 e. The lowest BCUT2D eigenvalue weighted by Crippen LogP contribution is -2.06. The smallest absolute Gasteiger partial charge is 0.141 e. The van der Waals surface area contributed by atoms with E-state index in [0.717, 1.165) is 10.0 Å². The van der Waals surface area contributed by atoms with Crippen LogP contribution in [0.2, 0.25) is 0 Å². The van der Waals surface area contributed by atoms with Crippen molar-refractivity contribution in [2.45, 2.75) is 6.54 Å². The molecule has 0 saturated carbocycles. The van der Waals surface area contributed by atoms with Gasteiger partial charge in [0.2, 0.25) is 0 Å². The molecule has 2 aromatic carbocycles. The fraction of sp³-hybridized carbons (Fsp3) is 0.143. The summed E-state index contributed by atoms with van der Waals surface area (Å²) >= 11 is 6.54. The van der Waals surface area contributed by atoms with Crippen LogP contribution in [0.3, 0.4) is 0 Å². The zero-order chi connectivity index (χ0) is 13.8. The molecule has 2 aromatic rings. The highest BCUT2D eigenvalue weighted by molar-refractivity contribution is 9.10. The van der Waals surface area contributed by atoms with Crippen LogP contribution >= 0.6 is 31.9 Å². The first-order chi connectivity index (χ1) is 9.10. The zero-order valence-electron chi connectivity index (χ0n) is 10.2. The van der Waals surface area contributed by atoms with E-state index in [9.17, 15) is 4.39 Å². The molecule has 0 spiro atoms. The van der Waals surface area contributed by atoms with E-state index in [1.54, 1.807) is 12.1 Å². The average Bonchev–Trinajstić information content (AvgIpc) is 2.37. The molecule has 0 aromatic heterocycles. The van der Waals surface area contributed by atoms with Gasteiger partial charge in [-0.05, 0) is 53.3 Å². The Morgan fingerprint density at radius 1 is 1.16 bits per heavy atom. The second kappa shape index (κ2) is 6.50. The van der Waals surface area contributed by atoms with Crippen molar-refractivity contribution in [3.63, 3.8) is 0 Å². The van der Waals surface area contributed by atoms with Gasteiger partial charge < -0.3 is 10.1 Å². The molecule has 0 saturated heterocycles. The SMILES string of the molecule is CNCc1cc(Br)ccc1Oc1ccc(Br)c(F)c1. The van der Waals surface area contributed by atoms with Gasteiger partial charge in [-0.2, -0.15) is 0 Å². The summed E-state index contributed by atoms with van der Waals surface area (Å²) in [6, 6.07) is 10.4. The lowest BCUT2D eigenvalue weighted by Gasteiger charge is -2.12. The molecular weight excluding hydrogens is 377 g/mol. The zero-order valence-corrected chi connectivity index (χ0v) is 13.4. The van der Waals surface area contributed by atoms with Crippen molar-refractivity contribution in [3.8, 4) is 11.5 Å². The predicted octanol–water partition coefficient (Wildman–Crippen LogP) is 4.86. The second-order valence-corrected chi connectivity index (χ2v) is 5.73. The van der Waals surface area contributed by atoms with Gasteiger partial charge in [0.15, 0.2) is 0 Å². The lowest BCUT2D eigenvalue weighted by molar-refractivity contribution is 0.468. The van der Waals surface area contributed by atoms with Crippen molar-refractivity contribution in [2.24, 2.45) is 0 Å². The van der Waals surface area contributed by atoms with Gasteiger partial charge in [-0.3, -0.25) is 0 Å². The van der Waals surface area contributed by atoms with E-state index < -0.39 is 0 Å². The van der Waals surface area contributed by atoms with E-state index in [1.807, 2.05) is 25.2 Å². The summed E-state index contributed by atoms with van der Waals surface area (Å²) in [5.74, 6) is 0.837. The molecule has 0 amide bonds. The van der Waals surface area contributed by atoms with Gasteiger partial charge in [-0.1, -0.05) is 15.9 Å². The Bertz CT molecular complexity index is 590. The summed E-state index contributed by atoms with van der Waals surface area (Å²) in [6.45, 7) is 0.674. The molecule has 2 nitrogen and oxygen atoms in total. The Balaban J connectivity index is 2.29. The normalized spacial score (nSPS) is 10.5. The molecule has 0 unspecified atom stereocenters.